The van der Waals surface area contributed by atoms with E-state index in [-0.39, 0.29) is 17.5 Å². The normalized spacial score (nSPS) is 15.9. The third kappa shape index (κ3) is 4.75. The number of hydrogen-bond donors (Lipinski definition) is 1. The minimum Gasteiger partial charge on any atom is -0.497 e. The Kier molecular flexibility index (Phi) is 6.26. The Labute approximate surface area is 158 Å². The second-order valence-corrected chi connectivity index (χ2v) is 6.51. The lowest BCUT2D eigenvalue weighted by molar-refractivity contribution is 0.0162. The molecule has 1 aliphatic rings. The van der Waals surface area contributed by atoms with E-state index in [2.05, 4.69) is 10.2 Å². The number of amides is 1. The number of pyridine rings is 1. The van der Waals surface area contributed by atoms with Crippen molar-refractivity contribution in [3.05, 3.63) is 64.1 Å². The highest BCUT2D eigenvalue weighted by Crippen LogP contribution is 2.23. The molecule has 7 heteroatoms. The minimum atomic E-state index is -0.250. The Bertz CT molecular complexity index is 826. The van der Waals surface area contributed by atoms with Gasteiger partial charge >= 0.3 is 0 Å². The van der Waals surface area contributed by atoms with Crippen molar-refractivity contribution < 1.29 is 14.3 Å². The van der Waals surface area contributed by atoms with Crippen molar-refractivity contribution in [1.82, 2.24) is 14.8 Å². The maximum absolute atomic E-state index is 12.5. The molecule has 0 aliphatic carbocycles. The molecule has 1 amide bonds. The van der Waals surface area contributed by atoms with Crippen LogP contribution in [0.3, 0.4) is 0 Å². The summed E-state index contributed by atoms with van der Waals surface area (Å²) in [7, 11) is 3.29. The lowest BCUT2D eigenvalue weighted by Gasteiger charge is -2.35. The zero-order valence-electron chi connectivity index (χ0n) is 15.7. The number of aryl methyl sites for hydroxylation is 1. The summed E-state index contributed by atoms with van der Waals surface area (Å²) in [5.74, 6) is 0.545. The number of nitrogens with zero attached hydrogens (tertiary/aromatic N) is 2. The van der Waals surface area contributed by atoms with E-state index in [9.17, 15) is 9.59 Å². The molecule has 1 fully saturated rings. The zero-order valence-corrected chi connectivity index (χ0v) is 15.7. The summed E-state index contributed by atoms with van der Waals surface area (Å²) in [5.41, 5.74) is 1.26. The smallest absolute Gasteiger partial charge is 0.251 e. The van der Waals surface area contributed by atoms with Gasteiger partial charge in [-0.05, 0) is 23.8 Å². The minimum absolute atomic E-state index is 0.0234. The first-order chi connectivity index (χ1) is 13.1. The van der Waals surface area contributed by atoms with Crippen LogP contribution < -0.4 is 15.6 Å². The lowest BCUT2D eigenvalue weighted by atomic mass is 10.0. The highest BCUT2D eigenvalue weighted by atomic mass is 16.5. The lowest BCUT2D eigenvalue weighted by Crippen LogP contribution is -2.43. The first-order valence-electron chi connectivity index (χ1n) is 8.99. The van der Waals surface area contributed by atoms with E-state index in [0.29, 0.717) is 25.3 Å². The number of carbonyl (C=O) groups is 1. The topological polar surface area (TPSA) is 72.8 Å². The van der Waals surface area contributed by atoms with E-state index in [4.69, 9.17) is 9.47 Å². The van der Waals surface area contributed by atoms with Crippen molar-refractivity contribution in [1.29, 1.82) is 0 Å². The van der Waals surface area contributed by atoms with Crippen molar-refractivity contribution in [2.45, 2.75) is 6.04 Å². The monoisotopic (exact) mass is 371 g/mol. The molecule has 1 aliphatic heterocycles. The van der Waals surface area contributed by atoms with Gasteiger partial charge in [0.1, 0.15) is 5.75 Å². The number of ether oxygens (including phenoxy) is 2. The first-order valence-corrected chi connectivity index (χ1v) is 8.99. The number of aromatic nitrogens is 1. The zero-order chi connectivity index (χ0) is 19.2. The third-order valence-electron chi connectivity index (χ3n) is 4.81. The van der Waals surface area contributed by atoms with E-state index in [1.807, 2.05) is 24.3 Å². The molecule has 0 bridgehead atoms. The molecule has 0 saturated carbocycles. The number of methoxy groups -OCH3 is 1. The molecule has 1 atom stereocenters. The molecule has 3 rings (SSSR count). The predicted molar refractivity (Wildman–Crippen MR) is 102 cm³/mol. The fraction of sp³-hybridized carbons (Fsp3) is 0.400. The van der Waals surface area contributed by atoms with E-state index in [0.717, 1.165) is 24.4 Å². The van der Waals surface area contributed by atoms with Crippen LogP contribution in [0.1, 0.15) is 22.0 Å². The summed E-state index contributed by atoms with van der Waals surface area (Å²) in [6.45, 7) is 3.40. The van der Waals surface area contributed by atoms with Gasteiger partial charge in [-0.3, -0.25) is 14.5 Å². The van der Waals surface area contributed by atoms with Gasteiger partial charge in [0.05, 0.1) is 26.4 Å². The van der Waals surface area contributed by atoms with Crippen LogP contribution in [-0.2, 0) is 11.8 Å². The highest BCUT2D eigenvalue weighted by Gasteiger charge is 2.23. The molecule has 144 valence electrons. The fourth-order valence-corrected chi connectivity index (χ4v) is 3.15. The van der Waals surface area contributed by atoms with Gasteiger partial charge in [0, 0.05) is 44.5 Å². The van der Waals surface area contributed by atoms with E-state index in [1.54, 1.807) is 26.4 Å². The fourth-order valence-electron chi connectivity index (χ4n) is 3.15. The first kappa shape index (κ1) is 19.1. The number of carbonyl (C=O) groups excluding carboxylic acids is 1. The molecule has 1 saturated heterocycles. The number of nitrogens with one attached hydrogen (secondary N) is 1. The van der Waals surface area contributed by atoms with Gasteiger partial charge in [0.25, 0.3) is 11.5 Å². The molecular weight excluding hydrogens is 346 g/mol. The van der Waals surface area contributed by atoms with Gasteiger partial charge in [-0.25, -0.2) is 0 Å². The third-order valence-corrected chi connectivity index (χ3v) is 4.81. The number of morpholine rings is 1. The Hall–Kier alpha value is -2.64. The van der Waals surface area contributed by atoms with Gasteiger partial charge in [-0.1, -0.05) is 12.1 Å². The van der Waals surface area contributed by atoms with Crippen LogP contribution in [0, 0.1) is 0 Å². The summed E-state index contributed by atoms with van der Waals surface area (Å²) >= 11 is 0. The van der Waals surface area contributed by atoms with E-state index < -0.39 is 0 Å². The molecule has 0 spiro atoms. The average molecular weight is 371 g/mol. The van der Waals surface area contributed by atoms with E-state index >= 15 is 0 Å². The summed E-state index contributed by atoms with van der Waals surface area (Å²) in [6.07, 6.45) is 1.60. The standard InChI is InChI=1S/C20H25N3O4/c1-22-8-7-16(13-19(22)24)20(25)21-14-18(23-9-11-27-12-10-23)15-3-5-17(26-2)6-4-15/h3-8,13,18H,9-12,14H2,1-2H3,(H,21,25). The second-order valence-electron chi connectivity index (χ2n) is 6.51. The summed E-state index contributed by atoms with van der Waals surface area (Å²) in [5, 5.41) is 2.97. The second kappa shape index (κ2) is 8.83. The molecule has 1 N–H and O–H groups in total. The van der Waals surface area contributed by atoms with Crippen LogP contribution in [0.5, 0.6) is 5.75 Å². The Balaban J connectivity index is 1.74. The van der Waals surface area contributed by atoms with Gasteiger partial charge < -0.3 is 19.4 Å². The van der Waals surface area contributed by atoms with Gasteiger partial charge in [-0.15, -0.1) is 0 Å². The van der Waals surface area contributed by atoms with Crippen molar-refractivity contribution in [3.63, 3.8) is 0 Å². The van der Waals surface area contributed by atoms with Crippen LogP contribution in [0.25, 0.3) is 0 Å². The largest absolute Gasteiger partial charge is 0.497 e. The van der Waals surface area contributed by atoms with Crippen molar-refractivity contribution >= 4 is 5.91 Å². The van der Waals surface area contributed by atoms with Gasteiger partial charge in [0.15, 0.2) is 0 Å². The van der Waals surface area contributed by atoms with Crippen LogP contribution in [0.2, 0.25) is 0 Å². The maximum Gasteiger partial charge on any atom is 0.251 e. The van der Waals surface area contributed by atoms with Crippen molar-refractivity contribution in [2.75, 3.05) is 40.0 Å². The summed E-state index contributed by atoms with van der Waals surface area (Å²) in [6, 6.07) is 10.9. The molecule has 0 radical (unpaired) electrons. The summed E-state index contributed by atoms with van der Waals surface area (Å²) in [4.78, 5) is 26.6. The molecule has 2 heterocycles. The van der Waals surface area contributed by atoms with Crippen LogP contribution in [0.4, 0.5) is 0 Å². The summed E-state index contributed by atoms with van der Waals surface area (Å²) < 4.78 is 12.1. The maximum atomic E-state index is 12.5. The molecule has 1 unspecified atom stereocenters. The predicted octanol–water partition coefficient (Wildman–Crippen LogP) is 1.20. The quantitative estimate of drug-likeness (QED) is 0.826. The number of rotatable bonds is 6. The van der Waals surface area contributed by atoms with Crippen LogP contribution >= 0.6 is 0 Å². The molecule has 27 heavy (non-hydrogen) atoms. The Morgan fingerprint density at radius 1 is 1.22 bits per heavy atom. The SMILES string of the molecule is COc1ccc(C(CNC(=O)c2ccn(C)c(=O)c2)N2CCOCC2)cc1. The van der Waals surface area contributed by atoms with Crippen molar-refractivity contribution in [2.24, 2.45) is 7.05 Å². The highest BCUT2D eigenvalue weighted by molar-refractivity contribution is 5.94. The average Bonchev–Trinajstić information content (AvgIpc) is 2.71. The van der Waals surface area contributed by atoms with Crippen LogP contribution in [0.15, 0.2) is 47.4 Å². The van der Waals surface area contributed by atoms with Gasteiger partial charge in [-0.2, -0.15) is 0 Å². The molecule has 2 aromatic rings. The number of benzene rings is 1. The molecule has 1 aromatic heterocycles. The van der Waals surface area contributed by atoms with Crippen LogP contribution in [-0.4, -0.2) is 55.3 Å². The Morgan fingerprint density at radius 3 is 2.56 bits per heavy atom. The van der Waals surface area contributed by atoms with Crippen molar-refractivity contribution in [3.8, 4) is 5.75 Å². The molecule has 1 aromatic carbocycles. The van der Waals surface area contributed by atoms with E-state index in [1.165, 1.54) is 10.6 Å². The molecular formula is C20H25N3O4. The Morgan fingerprint density at radius 2 is 1.93 bits per heavy atom. The van der Waals surface area contributed by atoms with Gasteiger partial charge in [0.2, 0.25) is 0 Å². The number of hydrogen-bond acceptors (Lipinski definition) is 5. The molecule has 7 nitrogen and oxygen atoms in total.